The molecule has 3 aromatic rings. The molecule has 0 N–H and O–H groups in total. The van der Waals surface area contributed by atoms with Gasteiger partial charge in [-0.3, -0.25) is 9.69 Å². The number of carbonyl (C=O) groups excluding carboxylic acids is 1. The van der Waals surface area contributed by atoms with E-state index >= 15 is 0 Å². The van der Waals surface area contributed by atoms with Crippen LogP contribution in [-0.4, -0.2) is 48.1 Å². The second-order valence-electron chi connectivity index (χ2n) is 8.27. The van der Waals surface area contributed by atoms with Crippen molar-refractivity contribution in [3.05, 3.63) is 56.5 Å². The van der Waals surface area contributed by atoms with Crippen LogP contribution in [0.1, 0.15) is 28.3 Å². The first-order valence-corrected chi connectivity index (χ1v) is 12.6. The Morgan fingerprint density at radius 2 is 2.26 bits per heavy atom. The number of aromatic nitrogens is 1. The molecule has 162 valence electrons. The van der Waals surface area contributed by atoms with Crippen molar-refractivity contribution in [1.29, 1.82) is 0 Å². The summed E-state index contributed by atoms with van der Waals surface area (Å²) in [5.41, 5.74) is 4.44. The minimum absolute atomic E-state index is 0.172. The van der Waals surface area contributed by atoms with Crippen LogP contribution in [-0.2, 0) is 22.5 Å². The largest absolute Gasteiger partial charge is 0.377 e. The monoisotopic (exact) mass is 453 g/mol. The van der Waals surface area contributed by atoms with Gasteiger partial charge in [0.25, 0.3) is 0 Å². The van der Waals surface area contributed by atoms with Crippen LogP contribution in [0.2, 0.25) is 0 Å². The van der Waals surface area contributed by atoms with Crippen LogP contribution < -0.4 is 4.90 Å². The molecule has 5 nitrogen and oxygen atoms in total. The summed E-state index contributed by atoms with van der Waals surface area (Å²) in [4.78, 5) is 23.4. The van der Waals surface area contributed by atoms with E-state index in [1.165, 1.54) is 10.4 Å². The van der Waals surface area contributed by atoms with Crippen molar-refractivity contribution in [2.75, 3.05) is 31.1 Å². The number of benzene rings is 1. The number of fused-ring (bicyclic) bond motifs is 1. The molecule has 0 radical (unpaired) electrons. The molecule has 7 heteroatoms. The van der Waals surface area contributed by atoms with E-state index in [2.05, 4.69) is 51.0 Å². The van der Waals surface area contributed by atoms with E-state index in [1.54, 1.807) is 22.7 Å². The molecule has 4 heterocycles. The zero-order valence-electron chi connectivity index (χ0n) is 17.8. The number of thiophene rings is 1. The summed E-state index contributed by atoms with van der Waals surface area (Å²) >= 11 is 3.41. The molecule has 0 bridgehead atoms. The van der Waals surface area contributed by atoms with Crippen LogP contribution in [0.5, 0.6) is 0 Å². The zero-order chi connectivity index (χ0) is 21.2. The highest BCUT2D eigenvalue weighted by molar-refractivity contribution is 7.10. The smallest absolute Gasteiger partial charge is 0.241 e. The topological polar surface area (TPSA) is 45.7 Å². The van der Waals surface area contributed by atoms with Crippen molar-refractivity contribution in [1.82, 2.24) is 9.88 Å². The summed E-state index contributed by atoms with van der Waals surface area (Å²) in [6.45, 7) is 5.65. The Hall–Kier alpha value is -2.06. The molecule has 0 aliphatic carbocycles. The molecule has 1 saturated heterocycles. The van der Waals surface area contributed by atoms with E-state index in [-0.39, 0.29) is 12.0 Å². The van der Waals surface area contributed by atoms with Crippen molar-refractivity contribution in [2.24, 2.45) is 0 Å². The Morgan fingerprint density at radius 3 is 3.00 bits per heavy atom. The quantitative estimate of drug-likeness (QED) is 0.518. The Balaban J connectivity index is 1.30. The van der Waals surface area contributed by atoms with E-state index in [1.807, 2.05) is 11.8 Å². The van der Waals surface area contributed by atoms with Gasteiger partial charge in [0.05, 0.1) is 23.4 Å². The van der Waals surface area contributed by atoms with Gasteiger partial charge in [-0.2, -0.15) is 0 Å². The molecular weight excluding hydrogens is 426 g/mol. The van der Waals surface area contributed by atoms with Crippen molar-refractivity contribution in [3.8, 4) is 11.3 Å². The summed E-state index contributed by atoms with van der Waals surface area (Å²) < 4.78 is 5.85. The minimum atomic E-state index is 0.172. The van der Waals surface area contributed by atoms with Crippen molar-refractivity contribution >= 4 is 34.3 Å². The number of nitrogens with zero attached hydrogens (tertiary/aromatic N) is 3. The summed E-state index contributed by atoms with van der Waals surface area (Å²) in [5.74, 6) is 0.172. The number of rotatable bonds is 7. The summed E-state index contributed by atoms with van der Waals surface area (Å²) in [7, 11) is 0. The van der Waals surface area contributed by atoms with Gasteiger partial charge in [0.1, 0.15) is 0 Å². The first-order chi connectivity index (χ1) is 15.2. The van der Waals surface area contributed by atoms with Crippen LogP contribution in [0.15, 0.2) is 41.1 Å². The molecular formula is C24H27N3O2S2. The van der Waals surface area contributed by atoms with E-state index in [0.29, 0.717) is 6.54 Å². The highest BCUT2D eigenvalue weighted by Gasteiger charge is 2.28. The van der Waals surface area contributed by atoms with Gasteiger partial charge in [0.2, 0.25) is 5.91 Å². The number of thiazole rings is 1. The Kier molecular flexibility index (Phi) is 6.18. The van der Waals surface area contributed by atoms with Crippen molar-refractivity contribution in [3.63, 3.8) is 0 Å². The number of aryl methyl sites for hydroxylation is 1. The van der Waals surface area contributed by atoms with E-state index in [0.717, 1.165) is 67.5 Å². The van der Waals surface area contributed by atoms with Crippen molar-refractivity contribution in [2.45, 2.75) is 38.8 Å². The van der Waals surface area contributed by atoms with E-state index in [9.17, 15) is 4.79 Å². The molecule has 1 fully saturated rings. The second-order valence-corrected chi connectivity index (χ2v) is 10.4. The van der Waals surface area contributed by atoms with Gasteiger partial charge in [-0.15, -0.1) is 22.7 Å². The Labute approximate surface area is 191 Å². The fourth-order valence-corrected chi connectivity index (χ4v) is 5.85. The normalized spacial score (nSPS) is 18.1. The van der Waals surface area contributed by atoms with Gasteiger partial charge in [0, 0.05) is 47.7 Å². The highest BCUT2D eigenvalue weighted by Crippen LogP contribution is 2.33. The third kappa shape index (κ3) is 4.75. The number of hydrogen-bond acceptors (Lipinski definition) is 6. The van der Waals surface area contributed by atoms with E-state index < -0.39 is 0 Å². The van der Waals surface area contributed by atoms with Gasteiger partial charge in [-0.05, 0) is 55.3 Å². The molecule has 2 aliphatic rings. The Morgan fingerprint density at radius 1 is 1.32 bits per heavy atom. The predicted octanol–water partition coefficient (Wildman–Crippen LogP) is 4.75. The molecule has 5 rings (SSSR count). The minimum Gasteiger partial charge on any atom is -0.377 e. The fourth-order valence-electron chi connectivity index (χ4n) is 4.48. The third-order valence-electron chi connectivity index (χ3n) is 6.00. The zero-order valence-corrected chi connectivity index (χ0v) is 19.4. The van der Waals surface area contributed by atoms with Crippen LogP contribution in [0.4, 0.5) is 5.69 Å². The predicted molar refractivity (Wildman–Crippen MR) is 127 cm³/mol. The standard InChI is InChI=1S/C24H27N3O2S2/c1-17-25-22(16-31-17)18-6-7-23-19(12-18)8-9-27(23)24(28)15-26(13-20-4-2-10-29-20)14-21-5-3-11-30-21/h3,5-7,11-12,16,20H,2,4,8-10,13-15H2,1H3. The number of anilines is 1. The van der Waals surface area contributed by atoms with Gasteiger partial charge in [0.15, 0.2) is 0 Å². The average Bonchev–Trinajstić information content (AvgIpc) is 3.55. The molecule has 0 saturated carbocycles. The highest BCUT2D eigenvalue weighted by atomic mass is 32.1. The van der Waals surface area contributed by atoms with Crippen LogP contribution in [0.25, 0.3) is 11.3 Å². The van der Waals surface area contributed by atoms with Crippen molar-refractivity contribution < 1.29 is 9.53 Å². The molecule has 2 aromatic heterocycles. The first-order valence-electron chi connectivity index (χ1n) is 10.9. The average molecular weight is 454 g/mol. The van der Waals surface area contributed by atoms with E-state index in [4.69, 9.17) is 4.74 Å². The number of carbonyl (C=O) groups is 1. The van der Waals surface area contributed by atoms with Crippen LogP contribution in [0.3, 0.4) is 0 Å². The SMILES string of the molecule is Cc1nc(-c2ccc3c(c2)CCN3C(=O)CN(Cc2cccs2)CC2CCCO2)cs1. The number of ether oxygens (including phenoxy) is 1. The lowest BCUT2D eigenvalue weighted by Crippen LogP contribution is -2.42. The number of hydrogen-bond donors (Lipinski definition) is 0. The molecule has 1 atom stereocenters. The summed E-state index contributed by atoms with van der Waals surface area (Å²) in [6.07, 6.45) is 3.34. The molecule has 1 unspecified atom stereocenters. The summed E-state index contributed by atoms with van der Waals surface area (Å²) in [5, 5.41) is 5.27. The number of amides is 1. The molecule has 2 aliphatic heterocycles. The van der Waals surface area contributed by atoms with Gasteiger partial charge in [-0.25, -0.2) is 4.98 Å². The Bertz CT molecular complexity index is 1040. The fraction of sp³-hybridized carbons (Fsp3) is 0.417. The maximum absolute atomic E-state index is 13.3. The first kappa shape index (κ1) is 20.8. The maximum atomic E-state index is 13.3. The molecule has 31 heavy (non-hydrogen) atoms. The maximum Gasteiger partial charge on any atom is 0.241 e. The lowest BCUT2D eigenvalue weighted by Gasteiger charge is -2.27. The van der Waals surface area contributed by atoms with Gasteiger partial charge in [-0.1, -0.05) is 12.1 Å². The lowest BCUT2D eigenvalue weighted by molar-refractivity contribution is -0.120. The summed E-state index contributed by atoms with van der Waals surface area (Å²) in [6, 6.07) is 10.6. The second kappa shape index (κ2) is 9.20. The van der Waals surface area contributed by atoms with Gasteiger partial charge < -0.3 is 9.64 Å². The molecule has 1 amide bonds. The van der Waals surface area contributed by atoms with Crippen LogP contribution in [0, 0.1) is 6.92 Å². The van der Waals surface area contributed by atoms with Gasteiger partial charge >= 0.3 is 0 Å². The van der Waals surface area contributed by atoms with Crippen LogP contribution >= 0.6 is 22.7 Å². The lowest BCUT2D eigenvalue weighted by atomic mass is 10.1. The third-order valence-corrected chi connectivity index (χ3v) is 7.63. The molecule has 0 spiro atoms. The molecule has 1 aromatic carbocycles.